The first kappa shape index (κ1) is 102. The average Bonchev–Trinajstić information content (AvgIpc) is 0.909. The first-order chi connectivity index (χ1) is 50.2. The summed E-state index contributed by atoms with van der Waals surface area (Å²) < 4.78 is 68.8. The number of carbonyl (C=O) groups is 4. The topological polar surface area (TPSA) is 237 Å². The zero-order valence-electron chi connectivity index (χ0n) is 68.7. The highest BCUT2D eigenvalue weighted by Gasteiger charge is 2.30. The van der Waals surface area contributed by atoms with E-state index in [4.69, 9.17) is 37.0 Å². The van der Waals surface area contributed by atoms with Crippen molar-refractivity contribution in [3.05, 3.63) is 0 Å². The fraction of sp³-hybridized carbons (Fsp3) is 0.953. The summed E-state index contributed by atoms with van der Waals surface area (Å²) in [6.07, 6.45) is 62.5. The maximum Gasteiger partial charge on any atom is 0.472 e. The number of carbonyl (C=O) groups excluding carboxylic acids is 4. The van der Waals surface area contributed by atoms with Gasteiger partial charge in [0.25, 0.3) is 0 Å². The van der Waals surface area contributed by atoms with Crippen LogP contribution in [-0.2, 0) is 65.4 Å². The van der Waals surface area contributed by atoms with Gasteiger partial charge in [0.05, 0.1) is 26.4 Å². The lowest BCUT2D eigenvalue weighted by molar-refractivity contribution is -0.161. The minimum absolute atomic E-state index is 0.105. The van der Waals surface area contributed by atoms with E-state index in [-0.39, 0.29) is 25.7 Å². The summed E-state index contributed by atoms with van der Waals surface area (Å²) in [5.74, 6) is 1.06. The van der Waals surface area contributed by atoms with Gasteiger partial charge in [0.1, 0.15) is 19.3 Å². The lowest BCUT2D eigenvalue weighted by Gasteiger charge is -2.21. The van der Waals surface area contributed by atoms with Gasteiger partial charge in [-0.2, -0.15) is 0 Å². The number of unbranched alkanes of at least 4 members (excludes halogenated alkanes) is 46. The van der Waals surface area contributed by atoms with E-state index in [0.717, 1.165) is 120 Å². The molecule has 0 radical (unpaired) electrons. The van der Waals surface area contributed by atoms with Crippen molar-refractivity contribution in [1.82, 2.24) is 0 Å². The van der Waals surface area contributed by atoms with E-state index in [1.54, 1.807) is 0 Å². The van der Waals surface area contributed by atoms with Crippen LogP contribution in [0.2, 0.25) is 0 Å². The molecule has 0 aliphatic carbocycles. The lowest BCUT2D eigenvalue weighted by atomic mass is 9.99. The molecule has 0 aromatic carbocycles. The minimum Gasteiger partial charge on any atom is -0.462 e. The lowest BCUT2D eigenvalue weighted by Crippen LogP contribution is -2.30. The van der Waals surface area contributed by atoms with Crippen LogP contribution in [0.3, 0.4) is 0 Å². The zero-order valence-corrected chi connectivity index (χ0v) is 70.5. The molecule has 0 bridgehead atoms. The molecule has 4 unspecified atom stereocenters. The summed E-state index contributed by atoms with van der Waals surface area (Å²) in [4.78, 5) is 73.2. The van der Waals surface area contributed by atoms with Crippen molar-refractivity contribution in [2.75, 3.05) is 39.6 Å². The van der Waals surface area contributed by atoms with Gasteiger partial charge in [-0.3, -0.25) is 37.3 Å². The Labute approximate surface area is 638 Å². The largest absolute Gasteiger partial charge is 0.472 e. The summed E-state index contributed by atoms with van der Waals surface area (Å²) in [5, 5.41) is 10.7. The number of aliphatic hydroxyl groups excluding tert-OH is 1. The number of phosphoric ester groups is 2. The van der Waals surface area contributed by atoms with E-state index in [1.165, 1.54) is 238 Å². The van der Waals surface area contributed by atoms with Gasteiger partial charge in [0.15, 0.2) is 12.2 Å². The van der Waals surface area contributed by atoms with Crippen LogP contribution < -0.4 is 0 Å². The normalized spacial score (nSPS) is 14.5. The molecular formula is C85H166O17P2. The number of ether oxygens (including phenoxy) is 4. The maximum absolute atomic E-state index is 13.1. The second-order valence-corrected chi connectivity index (χ2v) is 34.9. The summed E-state index contributed by atoms with van der Waals surface area (Å²) in [6.45, 7) is 14.3. The molecule has 7 atom stereocenters. The van der Waals surface area contributed by atoms with Gasteiger partial charge in [0, 0.05) is 25.7 Å². The Morgan fingerprint density at radius 3 is 0.683 bits per heavy atom. The first-order valence-electron chi connectivity index (χ1n) is 43.8. The van der Waals surface area contributed by atoms with Crippen molar-refractivity contribution >= 4 is 39.5 Å². The highest BCUT2D eigenvalue weighted by atomic mass is 31.2. The number of aliphatic hydroxyl groups is 1. The van der Waals surface area contributed by atoms with Gasteiger partial charge < -0.3 is 33.8 Å². The van der Waals surface area contributed by atoms with Gasteiger partial charge in [-0.25, -0.2) is 9.13 Å². The van der Waals surface area contributed by atoms with Crippen LogP contribution in [0.4, 0.5) is 0 Å². The number of rotatable bonds is 82. The molecule has 0 rings (SSSR count). The third-order valence-electron chi connectivity index (χ3n) is 20.5. The Balaban J connectivity index is 5.23. The fourth-order valence-electron chi connectivity index (χ4n) is 13.1. The Hall–Kier alpha value is -1.94. The predicted molar refractivity (Wildman–Crippen MR) is 428 cm³/mol. The van der Waals surface area contributed by atoms with Crippen LogP contribution in [0.5, 0.6) is 0 Å². The smallest absolute Gasteiger partial charge is 0.462 e. The molecule has 104 heavy (non-hydrogen) atoms. The Bertz CT molecular complexity index is 2030. The molecule has 0 spiro atoms. The van der Waals surface area contributed by atoms with E-state index < -0.39 is 97.5 Å². The molecule has 0 saturated carbocycles. The van der Waals surface area contributed by atoms with Crippen molar-refractivity contribution in [2.45, 2.75) is 459 Å². The van der Waals surface area contributed by atoms with Crippen molar-refractivity contribution in [3.8, 4) is 0 Å². The molecule has 19 heteroatoms. The zero-order chi connectivity index (χ0) is 76.7. The third kappa shape index (κ3) is 75.5. The van der Waals surface area contributed by atoms with Crippen molar-refractivity contribution in [3.63, 3.8) is 0 Å². The van der Waals surface area contributed by atoms with Gasteiger partial charge in [-0.15, -0.1) is 0 Å². The maximum atomic E-state index is 13.1. The van der Waals surface area contributed by atoms with Crippen LogP contribution in [0.15, 0.2) is 0 Å². The first-order valence-corrected chi connectivity index (χ1v) is 46.8. The monoisotopic (exact) mass is 1520 g/mol. The molecule has 0 heterocycles. The van der Waals surface area contributed by atoms with Crippen molar-refractivity contribution in [1.29, 1.82) is 0 Å². The number of phosphoric acid groups is 2. The number of esters is 4. The molecule has 0 aliphatic heterocycles. The van der Waals surface area contributed by atoms with Crippen LogP contribution in [0, 0.1) is 23.7 Å². The van der Waals surface area contributed by atoms with Crippen molar-refractivity contribution in [2.24, 2.45) is 23.7 Å². The van der Waals surface area contributed by atoms with Gasteiger partial charge in [-0.1, -0.05) is 389 Å². The molecule has 17 nitrogen and oxygen atoms in total. The molecular weight excluding hydrogens is 1350 g/mol. The summed E-state index contributed by atoms with van der Waals surface area (Å²) in [5.41, 5.74) is 0. The standard InChI is InChI=1S/C85H166O17P2/c1-9-77(7)63-55-47-39-33-29-30-36-42-52-60-68-85(90)102-81(72-96-83(88)66-58-50-44-43-48-56-64-78(8)10-2)74-100-104(93,94)98-70-79(86)69-97-103(91,92)99-73-80(71-95-82(87)65-57-49-40-34-27-23-19-16-15-18-22-26-32-38-46-54-62-76(5)6)101-84(89)67-59-51-41-35-28-24-20-14-12-11-13-17-21-25-31-37-45-53-61-75(3)4/h75-81,86H,9-74H2,1-8H3,(H,91,92)(H,93,94)/t77?,78?,79-,80-,81-/m1/s1. The van der Waals surface area contributed by atoms with Gasteiger partial charge in [-0.05, 0) is 49.4 Å². The van der Waals surface area contributed by atoms with E-state index in [2.05, 4.69) is 55.4 Å². The van der Waals surface area contributed by atoms with Crippen molar-refractivity contribution < 1.29 is 80.2 Å². The quantitative estimate of drug-likeness (QED) is 0.0222. The minimum atomic E-state index is -4.97. The van der Waals surface area contributed by atoms with Crippen LogP contribution in [0.25, 0.3) is 0 Å². The van der Waals surface area contributed by atoms with Crippen LogP contribution >= 0.6 is 15.6 Å². The van der Waals surface area contributed by atoms with E-state index in [1.807, 2.05) is 0 Å². The summed E-state index contributed by atoms with van der Waals surface area (Å²) in [7, 11) is -9.93. The van der Waals surface area contributed by atoms with Crippen LogP contribution in [0.1, 0.15) is 441 Å². The molecule has 0 saturated heterocycles. The molecule has 3 N–H and O–H groups in total. The second kappa shape index (κ2) is 73.8. The second-order valence-electron chi connectivity index (χ2n) is 32.0. The van der Waals surface area contributed by atoms with E-state index in [9.17, 15) is 43.2 Å². The third-order valence-corrected chi connectivity index (χ3v) is 22.4. The molecule has 0 fully saturated rings. The van der Waals surface area contributed by atoms with E-state index >= 15 is 0 Å². The predicted octanol–water partition coefficient (Wildman–Crippen LogP) is 25.6. The fourth-order valence-corrected chi connectivity index (χ4v) is 14.7. The number of hydrogen-bond acceptors (Lipinski definition) is 15. The molecule has 0 aliphatic rings. The van der Waals surface area contributed by atoms with E-state index in [0.29, 0.717) is 25.7 Å². The molecule has 0 aromatic heterocycles. The summed E-state index contributed by atoms with van der Waals surface area (Å²) >= 11 is 0. The Morgan fingerprint density at radius 2 is 0.462 bits per heavy atom. The van der Waals surface area contributed by atoms with Gasteiger partial charge in [0.2, 0.25) is 0 Å². The average molecular weight is 1520 g/mol. The Morgan fingerprint density at radius 1 is 0.269 bits per heavy atom. The van der Waals surface area contributed by atoms with Gasteiger partial charge >= 0.3 is 39.5 Å². The highest BCUT2D eigenvalue weighted by molar-refractivity contribution is 7.47. The Kier molecular flexibility index (Phi) is 72.5. The highest BCUT2D eigenvalue weighted by Crippen LogP contribution is 2.45. The molecule has 0 aromatic rings. The molecule has 0 amide bonds. The SMILES string of the molecule is CCC(C)CCCCCCCCCCCCC(=O)O[C@H](COC(=O)CCCCCCCCC(C)CC)COP(=O)(O)OC[C@H](O)COP(=O)(O)OC[C@@H](COC(=O)CCCCCCCCCCCCCCCCCCC(C)C)OC(=O)CCCCCCCCCCCCCCCCCCCCC(C)C. The number of hydrogen-bond donors (Lipinski definition) is 3. The molecule has 618 valence electrons. The van der Waals surface area contributed by atoms with Crippen LogP contribution in [-0.4, -0.2) is 96.7 Å². The summed E-state index contributed by atoms with van der Waals surface area (Å²) in [6, 6.07) is 0.